The number of carbonyl (C=O) groups excluding carboxylic acids is 1. The molecular formula is C18H18N4O5S. The van der Waals surface area contributed by atoms with E-state index in [1.807, 2.05) is 0 Å². The Bertz CT molecular complexity index is 1030. The van der Waals surface area contributed by atoms with Crippen LogP contribution in [0.4, 0.5) is 0 Å². The number of esters is 1. The molecule has 2 heterocycles. The summed E-state index contributed by atoms with van der Waals surface area (Å²) in [7, 11) is -2.12. The number of sulfonamides is 1. The van der Waals surface area contributed by atoms with Crippen molar-refractivity contribution in [2.75, 3.05) is 7.05 Å². The van der Waals surface area contributed by atoms with Gasteiger partial charge in [0.05, 0.1) is 4.90 Å². The van der Waals surface area contributed by atoms with Crippen LogP contribution in [0.3, 0.4) is 0 Å². The van der Waals surface area contributed by atoms with Crippen LogP contribution in [-0.4, -0.2) is 36.6 Å². The molecule has 10 heteroatoms. The first-order valence-electron chi connectivity index (χ1n) is 8.39. The molecule has 0 unspecified atom stereocenters. The van der Waals surface area contributed by atoms with Gasteiger partial charge in [0, 0.05) is 24.4 Å². The smallest absolute Gasteiger partial charge is 0.306 e. The van der Waals surface area contributed by atoms with Crippen LogP contribution >= 0.6 is 0 Å². The standard InChI is InChI=1S/C18H18N4O5S/c1-19-28(24,25)15-7-4-13(5-8-15)6-9-17(23)26-12-16-21-18(22-27-16)14-3-2-10-20-11-14/h2-5,7-8,10-11,19H,6,9,12H2,1H3. The van der Waals surface area contributed by atoms with Gasteiger partial charge in [-0.2, -0.15) is 4.98 Å². The van der Waals surface area contributed by atoms with Crippen LogP contribution in [0.2, 0.25) is 0 Å². The summed E-state index contributed by atoms with van der Waals surface area (Å²) in [6.45, 7) is -0.120. The lowest BCUT2D eigenvalue weighted by molar-refractivity contribution is -0.145. The fraction of sp³-hybridized carbons (Fsp3) is 0.222. The highest BCUT2D eigenvalue weighted by Crippen LogP contribution is 2.15. The molecule has 1 aromatic carbocycles. The highest BCUT2D eigenvalue weighted by Gasteiger charge is 2.13. The first kappa shape index (κ1) is 19.6. The van der Waals surface area contributed by atoms with E-state index in [9.17, 15) is 13.2 Å². The Morgan fingerprint density at radius 3 is 2.68 bits per heavy atom. The molecule has 1 N–H and O–H groups in total. The van der Waals surface area contributed by atoms with Gasteiger partial charge in [-0.25, -0.2) is 13.1 Å². The number of hydrogen-bond donors (Lipinski definition) is 1. The third-order valence-electron chi connectivity index (χ3n) is 3.86. The fourth-order valence-corrected chi connectivity index (χ4v) is 3.07. The zero-order chi connectivity index (χ0) is 20.0. The maximum absolute atomic E-state index is 11.9. The average Bonchev–Trinajstić information content (AvgIpc) is 3.21. The van der Waals surface area contributed by atoms with E-state index in [2.05, 4.69) is 19.8 Å². The second kappa shape index (κ2) is 8.72. The van der Waals surface area contributed by atoms with E-state index >= 15 is 0 Å². The van der Waals surface area contributed by atoms with Crippen molar-refractivity contribution in [2.24, 2.45) is 0 Å². The summed E-state index contributed by atoms with van der Waals surface area (Å²) in [5.74, 6) is 0.137. The van der Waals surface area contributed by atoms with Gasteiger partial charge in [-0.1, -0.05) is 17.3 Å². The molecule has 0 radical (unpaired) electrons. The van der Waals surface area contributed by atoms with Crippen LogP contribution in [0.25, 0.3) is 11.4 Å². The number of nitrogens with zero attached hydrogens (tertiary/aromatic N) is 3. The molecule has 0 spiro atoms. The molecule has 146 valence electrons. The summed E-state index contributed by atoms with van der Waals surface area (Å²) in [5.41, 5.74) is 1.52. The summed E-state index contributed by atoms with van der Waals surface area (Å²) < 4.78 is 35.8. The van der Waals surface area contributed by atoms with Crippen molar-refractivity contribution in [3.8, 4) is 11.4 Å². The first-order chi connectivity index (χ1) is 13.5. The van der Waals surface area contributed by atoms with Crippen molar-refractivity contribution in [3.05, 3.63) is 60.2 Å². The Balaban J connectivity index is 1.48. The topological polar surface area (TPSA) is 124 Å². The lowest BCUT2D eigenvalue weighted by Crippen LogP contribution is -2.18. The van der Waals surface area contributed by atoms with E-state index in [0.29, 0.717) is 17.8 Å². The van der Waals surface area contributed by atoms with E-state index in [1.54, 1.807) is 36.7 Å². The van der Waals surface area contributed by atoms with Gasteiger partial charge in [0.15, 0.2) is 6.61 Å². The van der Waals surface area contributed by atoms with Gasteiger partial charge in [-0.3, -0.25) is 9.78 Å². The molecule has 3 aromatic rings. The van der Waals surface area contributed by atoms with Crippen molar-refractivity contribution >= 4 is 16.0 Å². The molecule has 3 rings (SSSR count). The number of benzene rings is 1. The fourth-order valence-electron chi connectivity index (χ4n) is 2.34. The Morgan fingerprint density at radius 2 is 2.00 bits per heavy atom. The molecule has 0 atom stereocenters. The van der Waals surface area contributed by atoms with Gasteiger partial charge >= 0.3 is 5.97 Å². The molecule has 0 saturated carbocycles. The van der Waals surface area contributed by atoms with Gasteiger partial charge < -0.3 is 9.26 Å². The van der Waals surface area contributed by atoms with Crippen molar-refractivity contribution in [3.63, 3.8) is 0 Å². The van der Waals surface area contributed by atoms with Crippen LogP contribution in [0.15, 0.2) is 58.2 Å². The Morgan fingerprint density at radius 1 is 1.21 bits per heavy atom. The molecule has 0 aliphatic heterocycles. The minimum atomic E-state index is -3.47. The number of pyridine rings is 1. The van der Waals surface area contributed by atoms with Crippen LogP contribution in [0.1, 0.15) is 17.9 Å². The number of rotatable bonds is 8. The highest BCUT2D eigenvalue weighted by molar-refractivity contribution is 7.89. The van der Waals surface area contributed by atoms with Crippen molar-refractivity contribution < 1.29 is 22.5 Å². The van der Waals surface area contributed by atoms with Crippen molar-refractivity contribution in [2.45, 2.75) is 24.3 Å². The lowest BCUT2D eigenvalue weighted by atomic mass is 10.1. The number of aryl methyl sites for hydroxylation is 1. The Kier molecular flexibility index (Phi) is 6.12. The Labute approximate surface area is 161 Å². The average molecular weight is 402 g/mol. The SMILES string of the molecule is CNS(=O)(=O)c1ccc(CCC(=O)OCc2nc(-c3cccnc3)no2)cc1. The molecule has 0 bridgehead atoms. The summed E-state index contributed by atoms with van der Waals surface area (Å²) in [6.07, 6.45) is 3.80. The van der Waals surface area contributed by atoms with E-state index in [4.69, 9.17) is 9.26 Å². The zero-order valence-electron chi connectivity index (χ0n) is 15.0. The number of ether oxygens (including phenoxy) is 1. The molecule has 9 nitrogen and oxygen atoms in total. The summed E-state index contributed by atoms with van der Waals surface area (Å²) in [6, 6.07) is 9.86. The predicted molar refractivity (Wildman–Crippen MR) is 98.3 cm³/mol. The minimum Gasteiger partial charge on any atom is -0.456 e. The van der Waals surface area contributed by atoms with Crippen molar-refractivity contribution in [1.29, 1.82) is 0 Å². The van der Waals surface area contributed by atoms with Gasteiger partial charge in [0.25, 0.3) is 5.89 Å². The molecule has 0 amide bonds. The molecule has 2 aromatic heterocycles. The van der Waals surface area contributed by atoms with E-state index in [1.165, 1.54) is 19.2 Å². The number of nitrogens with one attached hydrogen (secondary N) is 1. The normalized spacial score (nSPS) is 11.3. The third-order valence-corrected chi connectivity index (χ3v) is 5.29. The quantitative estimate of drug-likeness (QED) is 0.565. The van der Waals surface area contributed by atoms with Gasteiger partial charge in [-0.05, 0) is 43.3 Å². The summed E-state index contributed by atoms with van der Waals surface area (Å²) >= 11 is 0. The number of aromatic nitrogens is 3. The summed E-state index contributed by atoms with van der Waals surface area (Å²) in [5, 5.41) is 3.82. The van der Waals surface area contributed by atoms with E-state index in [0.717, 1.165) is 5.56 Å². The maximum Gasteiger partial charge on any atom is 0.306 e. The van der Waals surface area contributed by atoms with Crippen LogP contribution in [0, 0.1) is 0 Å². The first-order valence-corrected chi connectivity index (χ1v) is 9.87. The van der Waals surface area contributed by atoms with Gasteiger partial charge in [-0.15, -0.1) is 0 Å². The monoisotopic (exact) mass is 402 g/mol. The highest BCUT2D eigenvalue weighted by atomic mass is 32.2. The zero-order valence-corrected chi connectivity index (χ0v) is 15.8. The number of carbonyl (C=O) groups is 1. The van der Waals surface area contributed by atoms with E-state index in [-0.39, 0.29) is 23.8 Å². The van der Waals surface area contributed by atoms with E-state index < -0.39 is 16.0 Å². The molecule has 28 heavy (non-hydrogen) atoms. The maximum atomic E-state index is 11.9. The third kappa shape index (κ3) is 4.99. The molecular weight excluding hydrogens is 384 g/mol. The van der Waals surface area contributed by atoms with Crippen molar-refractivity contribution in [1.82, 2.24) is 19.8 Å². The van der Waals surface area contributed by atoms with Crippen LogP contribution in [0.5, 0.6) is 0 Å². The minimum absolute atomic E-state index is 0.120. The molecule has 0 aliphatic rings. The van der Waals surface area contributed by atoms with Gasteiger partial charge in [0.2, 0.25) is 15.8 Å². The second-order valence-electron chi connectivity index (χ2n) is 5.77. The second-order valence-corrected chi connectivity index (χ2v) is 7.65. The molecule has 0 aliphatic carbocycles. The Hall–Kier alpha value is -3.11. The molecule has 0 saturated heterocycles. The van der Waals surface area contributed by atoms with Gasteiger partial charge in [0.1, 0.15) is 0 Å². The lowest BCUT2D eigenvalue weighted by Gasteiger charge is -2.05. The van der Waals surface area contributed by atoms with Crippen LogP contribution in [-0.2, 0) is 32.6 Å². The largest absolute Gasteiger partial charge is 0.456 e. The number of hydrogen-bond acceptors (Lipinski definition) is 8. The summed E-state index contributed by atoms with van der Waals surface area (Å²) in [4.78, 5) is 20.2. The molecule has 0 fully saturated rings. The predicted octanol–water partition coefficient (Wildman–Crippen LogP) is 1.72. The van der Waals surface area contributed by atoms with Crippen LogP contribution < -0.4 is 4.72 Å².